The van der Waals surface area contributed by atoms with Crippen LogP contribution in [0.3, 0.4) is 0 Å². The number of carbonyl (C=O) groups is 1. The lowest BCUT2D eigenvalue weighted by Crippen LogP contribution is -2.15. The predicted octanol–water partition coefficient (Wildman–Crippen LogP) is 4.10. The fourth-order valence-electron chi connectivity index (χ4n) is 4.09. The molecule has 1 amide bonds. The van der Waals surface area contributed by atoms with E-state index in [9.17, 15) is 4.79 Å². The second kappa shape index (κ2) is 8.45. The Morgan fingerprint density at radius 3 is 2.56 bits per heavy atom. The maximum atomic E-state index is 12.7. The lowest BCUT2D eigenvalue weighted by molar-refractivity contribution is -0.116. The topological polar surface area (TPSA) is 90.6 Å². The molecule has 0 atom stereocenters. The lowest BCUT2D eigenvalue weighted by Gasteiger charge is -2.13. The van der Waals surface area contributed by atoms with Crippen LogP contribution in [0, 0.1) is 27.7 Å². The lowest BCUT2D eigenvalue weighted by atomic mass is 10.1. The summed E-state index contributed by atoms with van der Waals surface area (Å²) in [4.78, 5) is 22.1. The molecule has 0 spiro atoms. The Balaban J connectivity index is 1.60. The molecule has 4 rings (SSSR count). The summed E-state index contributed by atoms with van der Waals surface area (Å²) in [6, 6.07) is 7.34. The second-order valence-corrected chi connectivity index (χ2v) is 7.89. The summed E-state index contributed by atoms with van der Waals surface area (Å²) in [5.41, 5.74) is 6.97. The van der Waals surface area contributed by atoms with Crippen LogP contribution in [0.4, 0.5) is 5.69 Å². The number of pyridine rings is 1. The van der Waals surface area contributed by atoms with Crippen molar-refractivity contribution in [2.45, 2.75) is 40.5 Å². The quantitative estimate of drug-likeness (QED) is 0.492. The van der Waals surface area contributed by atoms with E-state index in [4.69, 9.17) is 14.5 Å². The molecule has 1 N–H and O–H groups in total. The van der Waals surface area contributed by atoms with Crippen LogP contribution >= 0.6 is 0 Å². The van der Waals surface area contributed by atoms with Crippen molar-refractivity contribution in [1.82, 2.24) is 19.6 Å². The van der Waals surface area contributed by atoms with Crippen molar-refractivity contribution in [2.75, 3.05) is 19.5 Å². The van der Waals surface area contributed by atoms with Crippen LogP contribution in [0.2, 0.25) is 0 Å². The molecule has 0 unspecified atom stereocenters. The summed E-state index contributed by atoms with van der Waals surface area (Å²) in [7, 11) is 3.15. The molecular formula is C24H27N5O3. The molecule has 0 saturated heterocycles. The fraction of sp³-hybridized carbons (Fsp3) is 0.333. The Morgan fingerprint density at radius 1 is 1.06 bits per heavy atom. The Bertz CT molecular complexity index is 1340. The average Bonchev–Trinajstić information content (AvgIpc) is 3.12. The van der Waals surface area contributed by atoms with Crippen molar-refractivity contribution in [3.63, 3.8) is 0 Å². The third-order valence-electron chi connectivity index (χ3n) is 5.69. The average molecular weight is 434 g/mol. The number of hydrogen-bond acceptors (Lipinski definition) is 6. The molecule has 0 bridgehead atoms. The highest BCUT2D eigenvalue weighted by Gasteiger charge is 2.18. The van der Waals surface area contributed by atoms with E-state index in [0.29, 0.717) is 35.7 Å². The van der Waals surface area contributed by atoms with Gasteiger partial charge in [0.25, 0.3) is 0 Å². The van der Waals surface area contributed by atoms with E-state index in [2.05, 4.69) is 22.3 Å². The number of methoxy groups -OCH3 is 2. The summed E-state index contributed by atoms with van der Waals surface area (Å²) >= 11 is 0. The number of rotatable bonds is 6. The van der Waals surface area contributed by atoms with Crippen LogP contribution < -0.4 is 14.8 Å². The zero-order valence-electron chi connectivity index (χ0n) is 19.2. The molecule has 1 aromatic carbocycles. The monoisotopic (exact) mass is 433 g/mol. The number of nitrogens with zero attached hydrogens (tertiary/aromatic N) is 4. The van der Waals surface area contributed by atoms with Gasteiger partial charge < -0.3 is 14.8 Å². The molecule has 3 heterocycles. The molecule has 8 heteroatoms. The van der Waals surface area contributed by atoms with Gasteiger partial charge in [0.1, 0.15) is 11.5 Å². The van der Waals surface area contributed by atoms with Gasteiger partial charge in [-0.15, -0.1) is 5.10 Å². The van der Waals surface area contributed by atoms with E-state index in [1.54, 1.807) is 32.4 Å². The van der Waals surface area contributed by atoms with Crippen LogP contribution in [0.15, 0.2) is 24.3 Å². The summed E-state index contributed by atoms with van der Waals surface area (Å²) in [6.07, 6.45) is 0.840. The maximum absolute atomic E-state index is 12.7. The smallest absolute Gasteiger partial charge is 0.224 e. The van der Waals surface area contributed by atoms with Crippen LogP contribution in [0.5, 0.6) is 11.5 Å². The number of aromatic nitrogens is 4. The number of carbonyl (C=O) groups excluding carboxylic acids is 1. The summed E-state index contributed by atoms with van der Waals surface area (Å²) < 4.78 is 12.4. The van der Waals surface area contributed by atoms with Gasteiger partial charge in [-0.2, -0.15) is 0 Å². The van der Waals surface area contributed by atoms with E-state index in [0.717, 1.165) is 39.2 Å². The van der Waals surface area contributed by atoms with Gasteiger partial charge in [-0.1, -0.05) is 0 Å². The highest BCUT2D eigenvalue weighted by molar-refractivity contribution is 5.94. The van der Waals surface area contributed by atoms with Crippen molar-refractivity contribution in [3.8, 4) is 11.5 Å². The van der Waals surface area contributed by atoms with Crippen LogP contribution in [-0.4, -0.2) is 39.7 Å². The van der Waals surface area contributed by atoms with Crippen molar-refractivity contribution in [2.24, 2.45) is 0 Å². The molecule has 0 saturated carbocycles. The Labute approximate surface area is 186 Å². The Kier molecular flexibility index (Phi) is 5.69. The first-order valence-electron chi connectivity index (χ1n) is 10.5. The molecule has 0 aliphatic heterocycles. The van der Waals surface area contributed by atoms with Gasteiger partial charge in [0.15, 0.2) is 11.3 Å². The van der Waals surface area contributed by atoms with Gasteiger partial charge in [0, 0.05) is 29.6 Å². The largest absolute Gasteiger partial charge is 0.497 e. The van der Waals surface area contributed by atoms with Gasteiger partial charge in [-0.25, -0.2) is 14.5 Å². The summed E-state index contributed by atoms with van der Waals surface area (Å²) in [5.74, 6) is 1.11. The number of fused-ring (bicyclic) bond motifs is 3. The molecular weight excluding hydrogens is 406 g/mol. The molecule has 32 heavy (non-hydrogen) atoms. The highest BCUT2D eigenvalue weighted by Crippen LogP contribution is 2.29. The number of ether oxygens (including phenoxy) is 2. The SMILES string of the molecule is COc1ccc(OC)c(NC(=O)CCc2c(C)nc3c4c(C)cc(C)nc4nn3c2C)c1. The van der Waals surface area contributed by atoms with Gasteiger partial charge in [-0.05, 0) is 63.4 Å². The van der Waals surface area contributed by atoms with Crippen molar-refractivity contribution in [1.29, 1.82) is 0 Å². The molecule has 0 aliphatic rings. The van der Waals surface area contributed by atoms with Crippen molar-refractivity contribution < 1.29 is 14.3 Å². The Morgan fingerprint density at radius 2 is 1.84 bits per heavy atom. The highest BCUT2D eigenvalue weighted by atomic mass is 16.5. The van der Waals surface area contributed by atoms with Crippen molar-refractivity contribution >= 4 is 28.3 Å². The number of aryl methyl sites for hydroxylation is 4. The fourth-order valence-corrected chi connectivity index (χ4v) is 4.09. The predicted molar refractivity (Wildman–Crippen MR) is 124 cm³/mol. The minimum absolute atomic E-state index is 0.116. The molecule has 4 aromatic rings. The molecule has 0 aliphatic carbocycles. The summed E-state index contributed by atoms with van der Waals surface area (Å²) in [5, 5.41) is 8.58. The number of amides is 1. The molecule has 8 nitrogen and oxygen atoms in total. The van der Waals surface area contributed by atoms with Gasteiger partial charge in [-0.3, -0.25) is 4.79 Å². The number of hydrogen-bond donors (Lipinski definition) is 1. The third-order valence-corrected chi connectivity index (χ3v) is 5.69. The van der Waals surface area contributed by atoms with E-state index < -0.39 is 0 Å². The first-order chi connectivity index (χ1) is 15.3. The van der Waals surface area contributed by atoms with E-state index >= 15 is 0 Å². The van der Waals surface area contributed by atoms with E-state index in [1.807, 2.05) is 31.4 Å². The Hall–Kier alpha value is -3.68. The molecule has 0 fully saturated rings. The first kappa shape index (κ1) is 21.5. The normalized spacial score (nSPS) is 11.2. The van der Waals surface area contributed by atoms with E-state index in [-0.39, 0.29) is 5.91 Å². The maximum Gasteiger partial charge on any atom is 0.224 e. The third kappa shape index (κ3) is 3.84. The second-order valence-electron chi connectivity index (χ2n) is 7.89. The first-order valence-corrected chi connectivity index (χ1v) is 10.5. The zero-order valence-corrected chi connectivity index (χ0v) is 19.2. The molecule has 3 aromatic heterocycles. The molecule has 166 valence electrons. The van der Waals surface area contributed by atoms with Gasteiger partial charge in [0.2, 0.25) is 5.91 Å². The number of benzene rings is 1. The van der Waals surface area contributed by atoms with Gasteiger partial charge in [0.05, 0.1) is 25.3 Å². The minimum Gasteiger partial charge on any atom is -0.497 e. The van der Waals surface area contributed by atoms with Gasteiger partial charge >= 0.3 is 0 Å². The van der Waals surface area contributed by atoms with E-state index in [1.165, 1.54) is 0 Å². The van der Waals surface area contributed by atoms with Crippen LogP contribution in [0.25, 0.3) is 16.7 Å². The standard InChI is InChI=1S/C24H27N5O3/c1-13-11-14(2)25-23-22(13)24-26-15(3)18(16(4)29(24)28-23)8-10-21(30)27-19-12-17(31-5)7-9-20(19)32-6/h7,9,11-12H,8,10H2,1-6H3,(H,27,30). The van der Waals surface area contributed by atoms with Crippen LogP contribution in [0.1, 0.15) is 34.6 Å². The minimum atomic E-state index is -0.116. The van der Waals surface area contributed by atoms with Crippen LogP contribution in [-0.2, 0) is 11.2 Å². The zero-order chi connectivity index (χ0) is 23.0. The van der Waals surface area contributed by atoms with Crippen molar-refractivity contribution in [3.05, 3.63) is 52.5 Å². The number of nitrogens with one attached hydrogen (secondary N) is 1. The summed E-state index contributed by atoms with van der Waals surface area (Å²) in [6.45, 7) is 7.99. The molecule has 0 radical (unpaired) electrons. The number of anilines is 1.